The van der Waals surface area contributed by atoms with Crippen LogP contribution in [0.15, 0.2) is 48.8 Å². The quantitative estimate of drug-likeness (QED) is 0.754. The highest BCUT2D eigenvalue weighted by molar-refractivity contribution is 7.60. The Labute approximate surface area is 87.0 Å². The largest absolute Gasteiger partial charge is 0.358 e. The lowest BCUT2D eigenvalue weighted by Crippen LogP contribution is -2.11. The van der Waals surface area contributed by atoms with Crippen molar-refractivity contribution in [3.05, 3.63) is 48.8 Å². The molecule has 0 aliphatic heterocycles. The average molecular weight is 223 g/mol. The first kappa shape index (κ1) is 10.2. The summed E-state index contributed by atoms with van der Waals surface area (Å²) in [6.45, 7) is 0. The highest BCUT2D eigenvalue weighted by Gasteiger charge is 2.21. The minimum absolute atomic E-state index is 0.0428. The zero-order valence-corrected chi connectivity index (χ0v) is 8.71. The lowest BCUT2D eigenvalue weighted by molar-refractivity contribution is 0.387. The monoisotopic (exact) mass is 223 g/mol. The molecule has 2 N–H and O–H groups in total. The number of benzene rings is 1. The zero-order valence-electron chi connectivity index (χ0n) is 7.82. The Balaban J connectivity index is 2.63. The molecule has 1 aromatic carbocycles. The van der Waals surface area contributed by atoms with Crippen molar-refractivity contribution >= 4 is 12.9 Å². The predicted octanol–water partition coefficient (Wildman–Crippen LogP) is 1.28. The van der Waals surface area contributed by atoms with Crippen molar-refractivity contribution in [1.29, 1.82) is 0 Å². The molecule has 5 heteroatoms. The van der Waals surface area contributed by atoms with Crippen molar-refractivity contribution in [2.75, 3.05) is 0 Å². The van der Waals surface area contributed by atoms with Gasteiger partial charge in [-0.05, 0) is 24.3 Å². The molecule has 4 nitrogen and oxygen atoms in total. The van der Waals surface area contributed by atoms with E-state index in [2.05, 4.69) is 0 Å². The fourth-order valence-electron chi connectivity index (χ4n) is 1.42. The van der Waals surface area contributed by atoms with Crippen molar-refractivity contribution in [2.45, 2.75) is 0 Å². The number of aromatic nitrogens is 1. The molecule has 0 amide bonds. The van der Waals surface area contributed by atoms with Gasteiger partial charge in [-0.3, -0.25) is 4.57 Å². The van der Waals surface area contributed by atoms with Crippen LogP contribution in [0.1, 0.15) is 0 Å². The number of hydrogen-bond acceptors (Lipinski definition) is 1. The van der Waals surface area contributed by atoms with Crippen molar-refractivity contribution in [3.63, 3.8) is 0 Å². The Morgan fingerprint density at radius 3 is 2.20 bits per heavy atom. The van der Waals surface area contributed by atoms with Gasteiger partial charge in [-0.25, -0.2) is 0 Å². The molecule has 15 heavy (non-hydrogen) atoms. The standard InChI is InChI=1S/C10H10NO3P/c12-15(13,14)10-6-2-1-5-9(10)11-7-3-4-8-11/h1-8H,(H2,12,13,14). The van der Waals surface area contributed by atoms with Crippen molar-refractivity contribution in [2.24, 2.45) is 0 Å². The van der Waals surface area contributed by atoms with Gasteiger partial charge in [0.05, 0.1) is 11.0 Å². The molecule has 0 aliphatic rings. The Kier molecular flexibility index (Phi) is 2.49. The van der Waals surface area contributed by atoms with Crippen LogP contribution in [0.3, 0.4) is 0 Å². The number of para-hydroxylation sites is 1. The second-order valence-corrected chi connectivity index (χ2v) is 4.69. The zero-order chi connectivity index (χ0) is 10.9. The Morgan fingerprint density at radius 2 is 1.60 bits per heavy atom. The summed E-state index contributed by atoms with van der Waals surface area (Å²) in [5, 5.41) is 0.0428. The van der Waals surface area contributed by atoms with Gasteiger partial charge in [-0.15, -0.1) is 0 Å². The summed E-state index contributed by atoms with van der Waals surface area (Å²) < 4.78 is 12.9. The van der Waals surface area contributed by atoms with E-state index in [9.17, 15) is 4.57 Å². The molecular formula is C10H10NO3P. The molecule has 0 radical (unpaired) electrons. The maximum absolute atomic E-state index is 11.2. The minimum atomic E-state index is -4.22. The first-order valence-electron chi connectivity index (χ1n) is 4.37. The van der Waals surface area contributed by atoms with E-state index in [0.29, 0.717) is 5.69 Å². The summed E-state index contributed by atoms with van der Waals surface area (Å²) in [6, 6.07) is 10.1. The van der Waals surface area contributed by atoms with Crippen LogP contribution >= 0.6 is 7.60 Å². The van der Waals surface area contributed by atoms with Crippen LogP contribution in [-0.4, -0.2) is 14.4 Å². The summed E-state index contributed by atoms with van der Waals surface area (Å²) in [6.07, 6.45) is 3.49. The Hall–Kier alpha value is -1.35. The molecule has 1 aromatic heterocycles. The maximum Gasteiger partial charge on any atom is 0.358 e. The lowest BCUT2D eigenvalue weighted by Gasteiger charge is -2.11. The number of nitrogens with zero attached hydrogens (tertiary/aromatic N) is 1. The highest BCUT2D eigenvalue weighted by atomic mass is 31.2. The van der Waals surface area contributed by atoms with E-state index < -0.39 is 7.60 Å². The average Bonchev–Trinajstić information content (AvgIpc) is 2.69. The SMILES string of the molecule is O=P(O)(O)c1ccccc1-n1cccc1. The minimum Gasteiger partial charge on any atom is -0.323 e. The predicted molar refractivity (Wildman–Crippen MR) is 57.4 cm³/mol. The van der Waals surface area contributed by atoms with E-state index in [0.717, 1.165) is 0 Å². The number of rotatable bonds is 2. The van der Waals surface area contributed by atoms with Gasteiger partial charge in [-0.1, -0.05) is 12.1 Å². The summed E-state index contributed by atoms with van der Waals surface area (Å²) in [4.78, 5) is 18.3. The number of hydrogen-bond donors (Lipinski definition) is 2. The van der Waals surface area contributed by atoms with Crippen LogP contribution in [0, 0.1) is 0 Å². The molecule has 2 rings (SSSR count). The van der Waals surface area contributed by atoms with Gasteiger partial charge in [0.2, 0.25) is 0 Å². The molecule has 1 heterocycles. The summed E-state index contributed by atoms with van der Waals surface area (Å²) >= 11 is 0. The molecule has 0 saturated heterocycles. The summed E-state index contributed by atoms with van der Waals surface area (Å²) in [5.74, 6) is 0. The molecule has 0 saturated carbocycles. The molecule has 0 fully saturated rings. The summed E-state index contributed by atoms with van der Waals surface area (Å²) in [5.41, 5.74) is 0.510. The second-order valence-electron chi connectivity index (χ2n) is 3.12. The van der Waals surface area contributed by atoms with Crippen molar-refractivity contribution in [3.8, 4) is 5.69 Å². The third kappa shape index (κ3) is 2.02. The molecule has 0 unspecified atom stereocenters. The van der Waals surface area contributed by atoms with Crippen LogP contribution < -0.4 is 5.30 Å². The fourth-order valence-corrected chi connectivity index (χ4v) is 2.19. The first-order valence-corrected chi connectivity index (χ1v) is 5.99. The second kappa shape index (κ2) is 3.66. The van der Waals surface area contributed by atoms with E-state index >= 15 is 0 Å². The van der Waals surface area contributed by atoms with Crippen LogP contribution in [0.2, 0.25) is 0 Å². The third-order valence-electron chi connectivity index (χ3n) is 2.08. The topological polar surface area (TPSA) is 62.5 Å². The Morgan fingerprint density at radius 1 is 1.00 bits per heavy atom. The van der Waals surface area contributed by atoms with Gasteiger partial charge in [0, 0.05) is 12.4 Å². The molecule has 78 valence electrons. The van der Waals surface area contributed by atoms with E-state index in [1.54, 1.807) is 47.3 Å². The van der Waals surface area contributed by atoms with E-state index in [1.165, 1.54) is 6.07 Å². The molecule has 0 spiro atoms. The van der Waals surface area contributed by atoms with Crippen molar-refractivity contribution in [1.82, 2.24) is 4.57 Å². The fraction of sp³-hybridized carbons (Fsp3) is 0. The van der Waals surface area contributed by atoms with Crippen LogP contribution in [-0.2, 0) is 4.57 Å². The lowest BCUT2D eigenvalue weighted by atomic mass is 10.3. The van der Waals surface area contributed by atoms with Crippen LogP contribution in [0.25, 0.3) is 5.69 Å². The van der Waals surface area contributed by atoms with E-state index in [4.69, 9.17) is 9.79 Å². The van der Waals surface area contributed by atoms with Crippen molar-refractivity contribution < 1.29 is 14.4 Å². The van der Waals surface area contributed by atoms with E-state index in [1.807, 2.05) is 0 Å². The first-order chi connectivity index (χ1) is 7.09. The molecule has 0 aliphatic carbocycles. The maximum atomic E-state index is 11.2. The third-order valence-corrected chi connectivity index (χ3v) is 3.08. The Bertz CT molecular complexity index is 501. The van der Waals surface area contributed by atoms with Gasteiger partial charge in [-0.2, -0.15) is 0 Å². The molecular weight excluding hydrogens is 213 g/mol. The molecule has 0 atom stereocenters. The smallest absolute Gasteiger partial charge is 0.323 e. The highest BCUT2D eigenvalue weighted by Crippen LogP contribution is 2.35. The summed E-state index contributed by atoms with van der Waals surface area (Å²) in [7, 11) is -4.22. The van der Waals surface area contributed by atoms with Gasteiger partial charge < -0.3 is 14.4 Å². The van der Waals surface area contributed by atoms with Gasteiger partial charge >= 0.3 is 7.60 Å². The molecule has 0 bridgehead atoms. The van der Waals surface area contributed by atoms with Gasteiger partial charge in [0.1, 0.15) is 0 Å². The van der Waals surface area contributed by atoms with Crippen LogP contribution in [0.5, 0.6) is 0 Å². The van der Waals surface area contributed by atoms with Gasteiger partial charge in [0.25, 0.3) is 0 Å². The molecule has 2 aromatic rings. The van der Waals surface area contributed by atoms with Crippen LogP contribution in [0.4, 0.5) is 0 Å². The van der Waals surface area contributed by atoms with Gasteiger partial charge in [0.15, 0.2) is 0 Å². The van der Waals surface area contributed by atoms with E-state index in [-0.39, 0.29) is 5.30 Å². The normalized spacial score (nSPS) is 11.6.